The molecule has 0 bridgehead atoms. The topological polar surface area (TPSA) is 235 Å². The van der Waals surface area contributed by atoms with Gasteiger partial charge in [-0.25, -0.2) is 33.4 Å². The largest absolute Gasteiger partial charge is 0.453 e. The first-order valence-corrected chi connectivity index (χ1v) is 19.7. The highest BCUT2D eigenvalue weighted by molar-refractivity contribution is 6.10. The van der Waals surface area contributed by atoms with E-state index in [1.807, 2.05) is 5.43 Å². The number of rotatable bonds is 21. The molecule has 4 atom stereocenters. The van der Waals surface area contributed by atoms with Crippen molar-refractivity contribution in [2.24, 2.45) is 32.3 Å². The van der Waals surface area contributed by atoms with E-state index in [0.29, 0.717) is 57.3 Å². The van der Waals surface area contributed by atoms with Crippen molar-refractivity contribution in [2.45, 2.75) is 90.3 Å². The molecule has 0 aliphatic heterocycles. The summed E-state index contributed by atoms with van der Waals surface area (Å²) in [4.78, 5) is 57.9. The van der Waals surface area contributed by atoms with Gasteiger partial charge in [0.2, 0.25) is 5.91 Å². The van der Waals surface area contributed by atoms with Gasteiger partial charge < -0.3 is 42.0 Å². The van der Waals surface area contributed by atoms with E-state index in [1.54, 1.807) is 10.6 Å². The van der Waals surface area contributed by atoms with Gasteiger partial charge in [0, 0.05) is 54.6 Å². The number of aliphatic hydroxyl groups is 1. The molecule has 0 saturated carbocycles. The average Bonchev–Trinajstić information content (AvgIpc) is 3.24. The van der Waals surface area contributed by atoms with Crippen LogP contribution in [-0.2, 0) is 32.0 Å². The first-order chi connectivity index (χ1) is 31.8. The lowest BCUT2D eigenvalue weighted by Crippen LogP contribution is -2.63. The van der Waals surface area contributed by atoms with Crippen molar-refractivity contribution in [1.29, 1.82) is 0 Å². The fourth-order valence-electron chi connectivity index (χ4n) is 6.00. The Balaban J connectivity index is 2.88. The second-order valence-electron chi connectivity index (χ2n) is 15.8. The zero-order valence-electron chi connectivity index (χ0n) is 37.3. The van der Waals surface area contributed by atoms with Crippen LogP contribution in [0.1, 0.15) is 49.9 Å². The maximum absolute atomic E-state index is 15.8. The number of aliphatic hydroxyl groups excluding tert-OH is 1. The molecular formula is C41H49F12N9O7. The molecular weight excluding hydrogens is 958 g/mol. The summed E-state index contributed by atoms with van der Waals surface area (Å²) in [5, 5.41) is 17.9. The Morgan fingerprint density at radius 3 is 1.52 bits per heavy atom. The van der Waals surface area contributed by atoms with E-state index in [-0.39, 0.29) is 16.7 Å². The molecule has 9 N–H and O–H groups in total. The van der Waals surface area contributed by atoms with Crippen molar-refractivity contribution in [2.75, 3.05) is 20.8 Å². The smallest absolute Gasteiger partial charge is 0.407 e. The Morgan fingerprint density at radius 2 is 1.13 bits per heavy atom. The normalized spacial score (nSPS) is 15.0. The monoisotopic (exact) mass is 1010 g/mol. The fourth-order valence-corrected chi connectivity index (χ4v) is 6.00. The molecule has 0 saturated heterocycles. The van der Waals surface area contributed by atoms with Crippen LogP contribution in [-0.4, -0.2) is 117 Å². The molecule has 0 aliphatic rings. The van der Waals surface area contributed by atoms with Crippen molar-refractivity contribution < 1.29 is 86.4 Å². The van der Waals surface area contributed by atoms with E-state index in [2.05, 4.69) is 24.8 Å². The molecule has 16 nitrogen and oxygen atoms in total. The molecule has 0 spiro atoms. The van der Waals surface area contributed by atoms with Crippen LogP contribution < -0.4 is 32.8 Å². The zero-order chi connectivity index (χ0) is 52.8. The lowest BCUT2D eigenvalue weighted by Gasteiger charge is -2.38. The summed E-state index contributed by atoms with van der Waals surface area (Å²) in [6, 6.07) is -0.778. The van der Waals surface area contributed by atoms with Gasteiger partial charge in [0.25, 0.3) is 5.91 Å². The number of alkyl halides is 10. The van der Waals surface area contributed by atoms with E-state index >= 15 is 8.78 Å². The molecule has 1 unspecified atom stereocenters. The minimum absolute atomic E-state index is 0.0259. The van der Waals surface area contributed by atoms with Gasteiger partial charge >= 0.3 is 37.6 Å². The van der Waals surface area contributed by atoms with Crippen LogP contribution in [0.4, 0.5) is 62.3 Å². The summed E-state index contributed by atoms with van der Waals surface area (Å²) >= 11 is 0. The van der Waals surface area contributed by atoms with Crippen LogP contribution in [0.15, 0.2) is 58.8 Å². The van der Waals surface area contributed by atoms with Crippen LogP contribution in [0.2, 0.25) is 0 Å². The highest BCUT2D eigenvalue weighted by atomic mass is 19.4. The first-order valence-electron chi connectivity index (χ1n) is 19.7. The van der Waals surface area contributed by atoms with Crippen LogP contribution in [0.3, 0.4) is 0 Å². The molecule has 2 rings (SSSR count). The van der Waals surface area contributed by atoms with Crippen molar-refractivity contribution in [3.8, 4) is 0 Å². The third-order valence-electron chi connectivity index (χ3n) is 10.4. The SMILES string of the molecule is COC(=O)NC(C(=O)N[C@@H](Cc1ccc(C(C=NC(F)F)=CN)cc1)[C@@H](O)CN(Cc1c(F)cc(C(C=NC(F)F)=CN)cc1F)NC(=O)[C@@H](NC(=O)OC)C(C)(C)C(F)(F)F)C(C)(C)C(F)(F)F. The number of amides is 4. The second-order valence-corrected chi connectivity index (χ2v) is 15.8. The van der Waals surface area contributed by atoms with Crippen molar-refractivity contribution in [3.05, 3.63) is 82.7 Å². The summed E-state index contributed by atoms with van der Waals surface area (Å²) in [5.41, 5.74) is 5.00. The highest BCUT2D eigenvalue weighted by Gasteiger charge is 2.57. The summed E-state index contributed by atoms with van der Waals surface area (Å²) in [6.07, 6.45) is -13.6. The number of methoxy groups -OCH3 is 2. The number of benzene rings is 2. The number of nitrogens with one attached hydrogen (secondary N) is 4. The second kappa shape index (κ2) is 24.6. The van der Waals surface area contributed by atoms with Gasteiger partial charge in [-0.2, -0.15) is 43.9 Å². The van der Waals surface area contributed by atoms with E-state index in [1.165, 1.54) is 24.3 Å². The fraction of sp³-hybridized carbons (Fsp3) is 0.463. The van der Waals surface area contributed by atoms with E-state index in [0.717, 1.165) is 26.6 Å². The number of allylic oxidation sites excluding steroid dienone is 2. The minimum Gasteiger partial charge on any atom is -0.453 e. The number of nitrogens with two attached hydrogens (primary N) is 2. The zero-order valence-corrected chi connectivity index (χ0v) is 37.3. The van der Waals surface area contributed by atoms with Crippen LogP contribution >= 0.6 is 0 Å². The van der Waals surface area contributed by atoms with Crippen molar-refractivity contribution in [3.63, 3.8) is 0 Å². The van der Waals surface area contributed by atoms with Crippen LogP contribution in [0, 0.1) is 22.5 Å². The molecule has 0 aromatic heterocycles. The van der Waals surface area contributed by atoms with Gasteiger partial charge in [-0.15, -0.1) is 0 Å². The third-order valence-corrected chi connectivity index (χ3v) is 10.4. The van der Waals surface area contributed by atoms with Gasteiger partial charge in [-0.1, -0.05) is 24.3 Å². The Labute approximate surface area is 386 Å². The van der Waals surface area contributed by atoms with E-state index < -0.39 is 132 Å². The predicted octanol–water partition coefficient (Wildman–Crippen LogP) is 5.70. The average molecular weight is 1010 g/mol. The number of alkyl carbamates (subject to hydrolysis) is 2. The highest BCUT2D eigenvalue weighted by Crippen LogP contribution is 2.42. The number of hydrazine groups is 1. The Hall–Kier alpha value is -6.58. The standard InChI is InChI=1S/C41H49F12N9O7/c1-38(2,40(48,49)50)30(59-36(66)68-5)32(64)58-28(11-20-7-9-21(10-8-20)23(14-54)16-56-34(44)45)29(63)19-62(61-33(65)31(60-37(67)69-6)39(3,4)41(51,52)53)18-25-26(42)12-22(13-27(25)43)24(15-55)17-57-35(46)47/h7-10,12-17,28-31,34-35,63H,11,18-19,54-55H2,1-6H3,(H,58,64)(H,59,66)(H,60,67)(H,61,65)/t28-,29-,30?,31+/m0/s1. The molecule has 2 aromatic rings. The van der Waals surface area contributed by atoms with Crippen LogP contribution in [0.5, 0.6) is 0 Å². The van der Waals surface area contributed by atoms with Gasteiger partial charge in [-0.3, -0.25) is 15.0 Å². The molecule has 69 heavy (non-hydrogen) atoms. The number of nitrogens with zero attached hydrogens (tertiary/aromatic N) is 3. The number of hydrogen-bond donors (Lipinski definition) is 7. The van der Waals surface area contributed by atoms with Crippen LogP contribution in [0.25, 0.3) is 11.1 Å². The third kappa shape index (κ3) is 16.3. The van der Waals surface area contributed by atoms with Gasteiger partial charge in [0.1, 0.15) is 23.7 Å². The van der Waals surface area contributed by atoms with Gasteiger partial charge in [0.05, 0.1) is 37.2 Å². The molecule has 0 radical (unpaired) electrons. The maximum atomic E-state index is 15.8. The molecule has 0 fully saturated rings. The molecule has 384 valence electrons. The lowest BCUT2D eigenvalue weighted by molar-refractivity contribution is -0.221. The van der Waals surface area contributed by atoms with Crippen molar-refractivity contribution >= 4 is 47.6 Å². The van der Waals surface area contributed by atoms with E-state index in [4.69, 9.17) is 11.5 Å². The van der Waals surface area contributed by atoms with Gasteiger partial charge in [-0.05, 0) is 62.9 Å². The predicted molar refractivity (Wildman–Crippen MR) is 225 cm³/mol. The number of hydrogen-bond acceptors (Lipinski definition) is 12. The Morgan fingerprint density at radius 1 is 0.710 bits per heavy atom. The summed E-state index contributed by atoms with van der Waals surface area (Å²) in [6.45, 7) is -6.79. The summed E-state index contributed by atoms with van der Waals surface area (Å²) in [7, 11) is 1.51. The number of halogens is 12. The van der Waals surface area contributed by atoms with Crippen molar-refractivity contribution in [1.82, 2.24) is 26.4 Å². The summed E-state index contributed by atoms with van der Waals surface area (Å²) in [5.74, 6) is -6.40. The Bertz CT molecular complexity index is 2200. The molecule has 28 heteroatoms. The van der Waals surface area contributed by atoms with E-state index in [9.17, 15) is 68.2 Å². The summed E-state index contributed by atoms with van der Waals surface area (Å²) < 4.78 is 178. The molecule has 2 aromatic carbocycles. The number of carbonyl (C=O) groups excluding carboxylic acids is 4. The minimum atomic E-state index is -5.27. The quantitative estimate of drug-likeness (QED) is 0.0349. The molecule has 0 heterocycles. The van der Waals surface area contributed by atoms with Gasteiger partial charge in [0.15, 0.2) is 0 Å². The molecule has 4 amide bonds. The number of carbonyl (C=O) groups is 4. The maximum Gasteiger partial charge on any atom is 0.407 e. The molecule has 0 aliphatic carbocycles. The lowest BCUT2D eigenvalue weighted by atomic mass is 9.82. The first kappa shape index (κ1) is 58.5. The Kier molecular flexibility index (Phi) is 20.9. The number of aliphatic imine (C=N–C) groups is 2. The number of ether oxygens (including phenoxy) is 2.